The van der Waals surface area contributed by atoms with Crippen LogP contribution in [0.1, 0.15) is 39.0 Å². The third-order valence-corrected chi connectivity index (χ3v) is 3.83. The third kappa shape index (κ3) is 3.10. The number of ether oxygens (including phenoxy) is 1. The predicted molar refractivity (Wildman–Crippen MR) is 89.0 cm³/mol. The van der Waals surface area contributed by atoms with Gasteiger partial charge in [0.15, 0.2) is 5.76 Å². The van der Waals surface area contributed by atoms with Gasteiger partial charge in [-0.1, -0.05) is 0 Å². The average Bonchev–Trinajstić information content (AvgIpc) is 3.28. The van der Waals surface area contributed by atoms with Crippen molar-refractivity contribution in [3.8, 4) is 11.7 Å². The van der Waals surface area contributed by atoms with E-state index in [0.717, 1.165) is 4.68 Å². The minimum Gasteiger partial charge on any atom is -0.462 e. The van der Waals surface area contributed by atoms with Crippen LogP contribution in [0.5, 0.6) is 0 Å². The molecule has 0 saturated carbocycles. The molecule has 0 aliphatic carbocycles. The van der Waals surface area contributed by atoms with E-state index in [9.17, 15) is 14.4 Å². The minimum absolute atomic E-state index is 0.0144. The molecular weight excluding hydrogens is 342 g/mol. The second kappa shape index (κ2) is 6.87. The molecule has 0 aliphatic rings. The maximum atomic E-state index is 12.6. The van der Waals surface area contributed by atoms with E-state index in [1.54, 1.807) is 32.9 Å². The van der Waals surface area contributed by atoms with Crippen molar-refractivity contribution in [2.45, 2.75) is 27.3 Å². The number of carbonyl (C=O) groups is 2. The molecule has 0 amide bonds. The van der Waals surface area contributed by atoms with E-state index in [2.05, 4.69) is 10.1 Å². The van der Waals surface area contributed by atoms with Gasteiger partial charge < -0.3 is 18.6 Å². The fraction of sp³-hybridized carbons (Fsp3) is 0.294. The number of rotatable bonds is 6. The second-order valence-electron chi connectivity index (χ2n) is 5.58. The largest absolute Gasteiger partial charge is 0.462 e. The Labute approximate surface area is 147 Å². The van der Waals surface area contributed by atoms with Gasteiger partial charge in [0.1, 0.15) is 6.54 Å². The van der Waals surface area contributed by atoms with Crippen LogP contribution in [0.2, 0.25) is 0 Å². The standard InChI is InChI=1S/C17H17N3O6/c1-4-24-16(22)13-9(2)14(18-10(13)3)11(21)8-20-17(23)26-15(19-20)12-6-5-7-25-12/h5-7,18H,4,8H2,1-3H3. The number of aromatic nitrogens is 3. The topological polar surface area (TPSA) is 120 Å². The molecule has 136 valence electrons. The van der Waals surface area contributed by atoms with Crippen molar-refractivity contribution in [3.05, 3.63) is 51.5 Å². The zero-order chi connectivity index (χ0) is 18.8. The Bertz CT molecular complexity index is 1010. The van der Waals surface area contributed by atoms with Gasteiger partial charge in [0.25, 0.3) is 5.89 Å². The number of esters is 1. The van der Waals surface area contributed by atoms with Gasteiger partial charge in [-0.25, -0.2) is 9.59 Å². The highest BCUT2D eigenvalue weighted by atomic mass is 16.5. The second-order valence-corrected chi connectivity index (χ2v) is 5.58. The predicted octanol–water partition coefficient (Wildman–Crippen LogP) is 2.10. The van der Waals surface area contributed by atoms with E-state index < -0.39 is 17.5 Å². The van der Waals surface area contributed by atoms with Crippen molar-refractivity contribution in [1.82, 2.24) is 14.8 Å². The molecule has 3 aromatic heterocycles. The van der Waals surface area contributed by atoms with Gasteiger partial charge in [-0.15, -0.1) is 5.10 Å². The lowest BCUT2D eigenvalue weighted by atomic mass is 10.1. The SMILES string of the molecule is CCOC(=O)c1c(C)[nH]c(C(=O)Cn2nc(-c3ccco3)oc2=O)c1C. The molecule has 26 heavy (non-hydrogen) atoms. The molecule has 0 saturated heterocycles. The molecule has 0 spiro atoms. The molecular formula is C17H17N3O6. The van der Waals surface area contributed by atoms with Gasteiger partial charge in [0.05, 0.1) is 24.1 Å². The van der Waals surface area contributed by atoms with E-state index in [4.69, 9.17) is 13.6 Å². The smallest absolute Gasteiger partial charge is 0.437 e. The summed E-state index contributed by atoms with van der Waals surface area (Å²) in [6.45, 7) is 4.91. The lowest BCUT2D eigenvalue weighted by Crippen LogP contribution is -2.22. The molecule has 0 aliphatic heterocycles. The molecule has 0 fully saturated rings. The van der Waals surface area contributed by atoms with Crippen LogP contribution in [0.15, 0.2) is 32.0 Å². The van der Waals surface area contributed by atoms with Crippen molar-refractivity contribution >= 4 is 11.8 Å². The Morgan fingerprint density at radius 1 is 1.35 bits per heavy atom. The molecule has 3 aromatic rings. The van der Waals surface area contributed by atoms with E-state index in [1.165, 1.54) is 6.26 Å². The van der Waals surface area contributed by atoms with Crippen LogP contribution in [0.3, 0.4) is 0 Å². The van der Waals surface area contributed by atoms with Crippen LogP contribution in [0.4, 0.5) is 0 Å². The van der Waals surface area contributed by atoms with Crippen LogP contribution >= 0.6 is 0 Å². The number of hydrogen-bond acceptors (Lipinski definition) is 7. The van der Waals surface area contributed by atoms with Crippen LogP contribution < -0.4 is 5.76 Å². The number of H-pyrrole nitrogens is 1. The monoisotopic (exact) mass is 359 g/mol. The fourth-order valence-corrected chi connectivity index (χ4v) is 2.66. The summed E-state index contributed by atoms with van der Waals surface area (Å²) in [6.07, 6.45) is 1.42. The number of aryl methyl sites for hydroxylation is 1. The lowest BCUT2D eigenvalue weighted by molar-refractivity contribution is 0.0525. The lowest BCUT2D eigenvalue weighted by Gasteiger charge is -2.02. The summed E-state index contributed by atoms with van der Waals surface area (Å²) in [6, 6.07) is 3.21. The van der Waals surface area contributed by atoms with Crippen LogP contribution in [-0.4, -0.2) is 33.1 Å². The summed E-state index contributed by atoms with van der Waals surface area (Å²) in [7, 11) is 0. The van der Waals surface area contributed by atoms with Crippen LogP contribution in [0, 0.1) is 13.8 Å². The number of aromatic amines is 1. The highest BCUT2D eigenvalue weighted by molar-refractivity contribution is 6.01. The Hall–Kier alpha value is -3.36. The van der Waals surface area contributed by atoms with Crippen LogP contribution in [0.25, 0.3) is 11.7 Å². The Kier molecular flexibility index (Phi) is 4.61. The normalized spacial score (nSPS) is 10.9. The number of carbonyl (C=O) groups excluding carboxylic acids is 2. The number of Topliss-reactive ketones (excluding diaryl/α,β-unsaturated/α-hetero) is 1. The summed E-state index contributed by atoms with van der Waals surface area (Å²) in [5.74, 6) is -1.43. The third-order valence-electron chi connectivity index (χ3n) is 3.83. The molecule has 0 radical (unpaired) electrons. The molecule has 0 bridgehead atoms. The quantitative estimate of drug-likeness (QED) is 0.528. The number of furan rings is 1. The molecule has 0 aromatic carbocycles. The average molecular weight is 359 g/mol. The summed E-state index contributed by atoms with van der Waals surface area (Å²) < 4.78 is 16.0. The summed E-state index contributed by atoms with van der Waals surface area (Å²) >= 11 is 0. The zero-order valence-corrected chi connectivity index (χ0v) is 14.5. The number of hydrogen-bond donors (Lipinski definition) is 1. The molecule has 0 atom stereocenters. The first-order valence-corrected chi connectivity index (χ1v) is 7.93. The molecule has 1 N–H and O–H groups in total. The maximum Gasteiger partial charge on any atom is 0.437 e. The first kappa shape index (κ1) is 17.5. The molecule has 9 heteroatoms. The minimum atomic E-state index is -0.781. The summed E-state index contributed by atoms with van der Waals surface area (Å²) in [5, 5.41) is 3.96. The van der Waals surface area contributed by atoms with Crippen molar-refractivity contribution in [1.29, 1.82) is 0 Å². The number of nitrogens with zero attached hydrogens (tertiary/aromatic N) is 2. The first-order chi connectivity index (χ1) is 12.4. The Morgan fingerprint density at radius 2 is 2.12 bits per heavy atom. The van der Waals surface area contributed by atoms with Gasteiger partial charge >= 0.3 is 11.7 Å². The van der Waals surface area contributed by atoms with Crippen molar-refractivity contribution in [2.24, 2.45) is 0 Å². The molecule has 3 heterocycles. The van der Waals surface area contributed by atoms with Gasteiger partial charge in [-0.3, -0.25) is 4.79 Å². The van der Waals surface area contributed by atoms with Crippen molar-refractivity contribution in [3.63, 3.8) is 0 Å². The van der Waals surface area contributed by atoms with E-state index in [0.29, 0.717) is 16.8 Å². The summed E-state index contributed by atoms with van der Waals surface area (Å²) in [4.78, 5) is 39.4. The van der Waals surface area contributed by atoms with Crippen LogP contribution in [-0.2, 0) is 11.3 Å². The van der Waals surface area contributed by atoms with Crippen molar-refractivity contribution in [2.75, 3.05) is 6.61 Å². The molecule has 9 nitrogen and oxygen atoms in total. The Balaban J connectivity index is 1.86. The zero-order valence-electron chi connectivity index (χ0n) is 14.5. The fourth-order valence-electron chi connectivity index (χ4n) is 2.66. The Morgan fingerprint density at radius 3 is 2.77 bits per heavy atom. The summed E-state index contributed by atoms with van der Waals surface area (Å²) in [5.41, 5.74) is 1.53. The number of ketones is 1. The van der Waals surface area contributed by atoms with Crippen molar-refractivity contribution < 1.29 is 23.2 Å². The highest BCUT2D eigenvalue weighted by Gasteiger charge is 2.24. The van der Waals surface area contributed by atoms with E-state index in [1.807, 2.05) is 0 Å². The van der Waals surface area contributed by atoms with E-state index in [-0.39, 0.29) is 30.5 Å². The van der Waals surface area contributed by atoms with Gasteiger partial charge in [-0.05, 0) is 38.5 Å². The van der Waals surface area contributed by atoms with E-state index >= 15 is 0 Å². The first-order valence-electron chi connectivity index (χ1n) is 7.93. The molecule has 0 unspecified atom stereocenters. The van der Waals surface area contributed by atoms with Gasteiger partial charge in [0.2, 0.25) is 5.78 Å². The van der Waals surface area contributed by atoms with Gasteiger partial charge in [0, 0.05) is 5.69 Å². The van der Waals surface area contributed by atoms with Gasteiger partial charge in [-0.2, -0.15) is 4.68 Å². The molecule has 3 rings (SSSR count). The maximum absolute atomic E-state index is 12.6. The number of nitrogens with one attached hydrogen (secondary N) is 1. The highest BCUT2D eigenvalue weighted by Crippen LogP contribution is 2.20.